The number of hydrogen-bond donors (Lipinski definition) is 0. The Labute approximate surface area is 96.9 Å². The number of nitrogens with zero attached hydrogens (tertiary/aromatic N) is 3. The minimum Gasteiger partial charge on any atom is -0.306 e. The molecule has 0 radical (unpaired) electrons. The maximum Gasteiger partial charge on any atom is 0.251 e. The molecule has 0 aliphatic heterocycles. The van der Waals surface area contributed by atoms with Crippen molar-refractivity contribution in [1.82, 2.24) is 9.55 Å². The summed E-state index contributed by atoms with van der Waals surface area (Å²) in [6.07, 6.45) is 2.47. The fraction of sp³-hybridized carbons (Fsp3) is 0.167. The highest BCUT2D eigenvalue weighted by Gasteiger charge is 2.04. The van der Waals surface area contributed by atoms with Gasteiger partial charge in [0.2, 0.25) is 0 Å². The van der Waals surface area contributed by atoms with Crippen LogP contribution in [0.15, 0.2) is 29.2 Å². The molecule has 0 N–H and O–H groups in total. The minimum absolute atomic E-state index is 0.198. The number of aldehydes is 1. The van der Waals surface area contributed by atoms with E-state index in [0.717, 1.165) is 6.29 Å². The third-order valence-corrected chi connectivity index (χ3v) is 2.44. The lowest BCUT2D eigenvalue weighted by atomic mass is 10.2. The van der Waals surface area contributed by atoms with Gasteiger partial charge in [-0.25, -0.2) is 0 Å². The van der Waals surface area contributed by atoms with Gasteiger partial charge in [-0.2, -0.15) is 5.26 Å². The summed E-state index contributed by atoms with van der Waals surface area (Å²) in [5.41, 5.74) is 1.41. The molecule has 0 spiro atoms. The predicted molar refractivity (Wildman–Crippen MR) is 61.4 cm³/mol. The molecule has 2 rings (SSSR count). The van der Waals surface area contributed by atoms with Gasteiger partial charge in [-0.15, -0.1) is 0 Å². The van der Waals surface area contributed by atoms with Gasteiger partial charge in [0.05, 0.1) is 16.6 Å². The summed E-state index contributed by atoms with van der Waals surface area (Å²) in [6.45, 7) is 0.302. The Bertz CT molecular complexity index is 667. The van der Waals surface area contributed by atoms with E-state index in [0.29, 0.717) is 23.1 Å². The molecule has 0 bridgehead atoms. The van der Waals surface area contributed by atoms with Gasteiger partial charge >= 0.3 is 0 Å². The van der Waals surface area contributed by atoms with Crippen LogP contribution in [0.5, 0.6) is 0 Å². The van der Waals surface area contributed by atoms with Crippen LogP contribution < -0.4 is 5.56 Å². The zero-order valence-corrected chi connectivity index (χ0v) is 8.96. The van der Waals surface area contributed by atoms with E-state index in [9.17, 15) is 9.59 Å². The van der Waals surface area contributed by atoms with Crippen LogP contribution in [-0.4, -0.2) is 15.8 Å². The first-order chi connectivity index (χ1) is 8.26. The summed E-state index contributed by atoms with van der Waals surface area (Å²) >= 11 is 0. The number of hydrogen-bond acceptors (Lipinski definition) is 4. The highest BCUT2D eigenvalue weighted by Crippen LogP contribution is 2.11. The Morgan fingerprint density at radius 3 is 3.00 bits per heavy atom. The standard InChI is InChI=1S/C12H9N3O2/c13-7-9-6-11-10(14-8-9)2-3-12(17)15(11)4-1-5-16/h2-3,5-6,8H,1,4H2. The number of carbonyl (C=O) groups is 1. The molecule has 17 heavy (non-hydrogen) atoms. The molecule has 84 valence electrons. The number of aryl methyl sites for hydroxylation is 1. The zero-order valence-electron chi connectivity index (χ0n) is 8.96. The number of carbonyl (C=O) groups excluding carboxylic acids is 1. The normalized spacial score (nSPS) is 10.1. The van der Waals surface area contributed by atoms with Gasteiger partial charge in [0.1, 0.15) is 12.4 Å². The summed E-state index contributed by atoms with van der Waals surface area (Å²) in [5, 5.41) is 8.80. The van der Waals surface area contributed by atoms with Crippen LogP contribution in [0.3, 0.4) is 0 Å². The Morgan fingerprint density at radius 1 is 1.47 bits per heavy atom. The van der Waals surface area contributed by atoms with E-state index in [1.54, 1.807) is 12.1 Å². The molecule has 0 aliphatic carbocycles. The molecule has 0 saturated carbocycles. The van der Waals surface area contributed by atoms with E-state index in [1.807, 2.05) is 6.07 Å². The maximum absolute atomic E-state index is 11.7. The summed E-state index contributed by atoms with van der Waals surface area (Å²) in [7, 11) is 0. The molecule has 0 fully saturated rings. The second-order valence-corrected chi connectivity index (χ2v) is 3.52. The number of nitriles is 1. The summed E-state index contributed by atoms with van der Waals surface area (Å²) in [5.74, 6) is 0. The quantitative estimate of drug-likeness (QED) is 0.728. The second-order valence-electron chi connectivity index (χ2n) is 3.52. The van der Waals surface area contributed by atoms with Crippen molar-refractivity contribution >= 4 is 17.3 Å². The fourth-order valence-corrected chi connectivity index (χ4v) is 1.64. The Hall–Kier alpha value is -2.48. The van der Waals surface area contributed by atoms with Crippen molar-refractivity contribution in [3.63, 3.8) is 0 Å². The van der Waals surface area contributed by atoms with Crippen molar-refractivity contribution in [2.24, 2.45) is 0 Å². The van der Waals surface area contributed by atoms with E-state index < -0.39 is 0 Å². The zero-order chi connectivity index (χ0) is 12.3. The molecule has 0 unspecified atom stereocenters. The molecular formula is C12H9N3O2. The average Bonchev–Trinajstić information content (AvgIpc) is 2.37. The lowest BCUT2D eigenvalue weighted by Gasteiger charge is -2.07. The molecule has 2 aromatic heterocycles. The molecule has 0 saturated heterocycles. The lowest BCUT2D eigenvalue weighted by Crippen LogP contribution is -2.19. The molecule has 0 atom stereocenters. The van der Waals surface area contributed by atoms with Crippen LogP contribution in [0.4, 0.5) is 0 Å². The monoisotopic (exact) mass is 227 g/mol. The predicted octanol–water partition coefficient (Wildman–Crippen LogP) is 0.857. The first-order valence-electron chi connectivity index (χ1n) is 5.09. The third-order valence-electron chi connectivity index (χ3n) is 2.44. The number of fused-ring (bicyclic) bond motifs is 1. The van der Waals surface area contributed by atoms with Crippen molar-refractivity contribution in [1.29, 1.82) is 5.26 Å². The van der Waals surface area contributed by atoms with Crippen LogP contribution in [-0.2, 0) is 11.3 Å². The van der Waals surface area contributed by atoms with E-state index in [4.69, 9.17) is 5.26 Å². The van der Waals surface area contributed by atoms with Crippen LogP contribution in [0.1, 0.15) is 12.0 Å². The van der Waals surface area contributed by atoms with E-state index >= 15 is 0 Å². The van der Waals surface area contributed by atoms with Crippen molar-refractivity contribution in [3.05, 3.63) is 40.3 Å². The van der Waals surface area contributed by atoms with Gasteiger partial charge in [-0.05, 0) is 12.1 Å². The first kappa shape index (κ1) is 11.0. The Kier molecular flexibility index (Phi) is 2.97. The van der Waals surface area contributed by atoms with E-state index in [-0.39, 0.29) is 12.0 Å². The van der Waals surface area contributed by atoms with Crippen molar-refractivity contribution in [2.45, 2.75) is 13.0 Å². The van der Waals surface area contributed by atoms with E-state index in [2.05, 4.69) is 4.98 Å². The van der Waals surface area contributed by atoms with Crippen molar-refractivity contribution in [2.75, 3.05) is 0 Å². The largest absolute Gasteiger partial charge is 0.306 e. The van der Waals surface area contributed by atoms with Gasteiger partial charge in [-0.3, -0.25) is 9.78 Å². The first-order valence-corrected chi connectivity index (χ1v) is 5.09. The fourth-order valence-electron chi connectivity index (χ4n) is 1.64. The smallest absolute Gasteiger partial charge is 0.251 e. The van der Waals surface area contributed by atoms with Crippen LogP contribution in [0.25, 0.3) is 11.0 Å². The lowest BCUT2D eigenvalue weighted by molar-refractivity contribution is -0.108. The van der Waals surface area contributed by atoms with Crippen LogP contribution in [0.2, 0.25) is 0 Å². The molecule has 5 heteroatoms. The maximum atomic E-state index is 11.7. The summed E-state index contributed by atoms with van der Waals surface area (Å²) in [6, 6.07) is 6.60. The average molecular weight is 227 g/mol. The Morgan fingerprint density at radius 2 is 2.29 bits per heavy atom. The molecule has 0 amide bonds. The topological polar surface area (TPSA) is 75.8 Å². The molecule has 0 aromatic carbocycles. The molecule has 2 heterocycles. The van der Waals surface area contributed by atoms with Gasteiger partial charge in [0.15, 0.2) is 0 Å². The highest BCUT2D eigenvalue weighted by molar-refractivity contribution is 5.75. The molecule has 2 aromatic rings. The molecular weight excluding hydrogens is 218 g/mol. The van der Waals surface area contributed by atoms with Gasteiger partial charge in [0, 0.05) is 25.2 Å². The summed E-state index contributed by atoms with van der Waals surface area (Å²) < 4.78 is 1.46. The van der Waals surface area contributed by atoms with Gasteiger partial charge in [-0.1, -0.05) is 0 Å². The third kappa shape index (κ3) is 2.06. The SMILES string of the molecule is N#Cc1cnc2ccc(=O)n(CCC=O)c2c1. The Balaban J connectivity index is 2.69. The number of aromatic nitrogens is 2. The van der Waals surface area contributed by atoms with Crippen LogP contribution in [0, 0.1) is 11.3 Å². The van der Waals surface area contributed by atoms with Crippen LogP contribution >= 0.6 is 0 Å². The molecule has 0 aliphatic rings. The van der Waals surface area contributed by atoms with Gasteiger partial charge in [0.25, 0.3) is 5.56 Å². The minimum atomic E-state index is -0.198. The highest BCUT2D eigenvalue weighted by atomic mass is 16.1. The second kappa shape index (κ2) is 4.58. The molecule has 5 nitrogen and oxygen atoms in total. The van der Waals surface area contributed by atoms with Crippen molar-refractivity contribution < 1.29 is 4.79 Å². The van der Waals surface area contributed by atoms with Crippen molar-refractivity contribution in [3.8, 4) is 6.07 Å². The van der Waals surface area contributed by atoms with Gasteiger partial charge < -0.3 is 9.36 Å². The summed E-state index contributed by atoms with van der Waals surface area (Å²) in [4.78, 5) is 26.1. The van der Waals surface area contributed by atoms with E-state index in [1.165, 1.54) is 16.8 Å². The number of pyridine rings is 2. The number of rotatable bonds is 3.